The van der Waals surface area contributed by atoms with Crippen molar-refractivity contribution >= 4 is 17.6 Å². The Bertz CT molecular complexity index is 593. The fourth-order valence-corrected chi connectivity index (χ4v) is 3.35. The lowest BCUT2D eigenvalue weighted by Crippen LogP contribution is -2.24. The first-order valence-electron chi connectivity index (χ1n) is 6.35. The molecule has 1 unspecified atom stereocenters. The van der Waals surface area contributed by atoms with Crippen molar-refractivity contribution in [2.45, 2.75) is 25.1 Å². The van der Waals surface area contributed by atoms with E-state index in [1.807, 2.05) is 12.1 Å². The van der Waals surface area contributed by atoms with Gasteiger partial charge in [0.05, 0.1) is 4.88 Å². The zero-order valence-corrected chi connectivity index (χ0v) is 11.2. The first kappa shape index (κ1) is 12.5. The molecule has 2 N–H and O–H groups in total. The number of carbonyl (C=O) groups excluding carboxylic acids is 1. The molecule has 1 aromatic carbocycles. The van der Waals surface area contributed by atoms with Crippen molar-refractivity contribution in [2.24, 2.45) is 0 Å². The van der Waals surface area contributed by atoms with Crippen molar-refractivity contribution in [1.82, 2.24) is 5.32 Å². The van der Waals surface area contributed by atoms with E-state index >= 15 is 0 Å². The first-order valence-corrected chi connectivity index (χ1v) is 7.16. The number of benzene rings is 1. The molecule has 1 aromatic heterocycles. The van der Waals surface area contributed by atoms with Gasteiger partial charge < -0.3 is 5.11 Å². The molecule has 0 amide bonds. The predicted molar refractivity (Wildman–Crippen MR) is 75.3 cm³/mol. The van der Waals surface area contributed by atoms with Crippen LogP contribution in [0.4, 0.5) is 0 Å². The number of aliphatic hydroxyl groups is 1. The summed E-state index contributed by atoms with van der Waals surface area (Å²) < 4.78 is 0. The second-order valence-electron chi connectivity index (χ2n) is 4.72. The molecule has 0 spiro atoms. The van der Waals surface area contributed by atoms with Gasteiger partial charge in [0.1, 0.15) is 6.23 Å². The smallest absolute Gasteiger partial charge is 0.160 e. The summed E-state index contributed by atoms with van der Waals surface area (Å²) >= 11 is 1.33. The number of rotatable bonds is 4. The van der Waals surface area contributed by atoms with Crippen LogP contribution in [-0.4, -0.2) is 11.4 Å². The second-order valence-corrected chi connectivity index (χ2v) is 5.86. The molecule has 3 rings (SSSR count). The minimum Gasteiger partial charge on any atom is -0.373 e. The number of hydrogen-bond donors (Lipinski definition) is 2. The molecule has 2 aromatic rings. The highest BCUT2D eigenvalue weighted by Crippen LogP contribution is 2.33. The van der Waals surface area contributed by atoms with E-state index in [1.165, 1.54) is 22.5 Å². The molecule has 3 nitrogen and oxygen atoms in total. The van der Waals surface area contributed by atoms with Crippen LogP contribution in [0.3, 0.4) is 0 Å². The average molecular weight is 273 g/mol. The van der Waals surface area contributed by atoms with Crippen molar-refractivity contribution in [3.05, 3.63) is 57.3 Å². The van der Waals surface area contributed by atoms with Gasteiger partial charge >= 0.3 is 0 Å². The summed E-state index contributed by atoms with van der Waals surface area (Å²) in [5, 5.41) is 13.4. The highest BCUT2D eigenvalue weighted by atomic mass is 32.1. The van der Waals surface area contributed by atoms with Gasteiger partial charge in [-0.2, -0.15) is 0 Å². The monoisotopic (exact) mass is 273 g/mol. The molecule has 0 bridgehead atoms. The molecule has 1 heterocycles. The highest BCUT2D eigenvalue weighted by Gasteiger charge is 2.24. The van der Waals surface area contributed by atoms with Crippen LogP contribution in [0.1, 0.15) is 44.4 Å². The Balaban J connectivity index is 1.74. The summed E-state index contributed by atoms with van der Waals surface area (Å²) in [4.78, 5) is 12.1. The van der Waals surface area contributed by atoms with E-state index in [0.29, 0.717) is 4.88 Å². The topological polar surface area (TPSA) is 49.3 Å². The number of aliphatic hydroxyl groups excluding tert-OH is 1. The molecule has 4 heteroatoms. The van der Waals surface area contributed by atoms with Crippen LogP contribution < -0.4 is 5.32 Å². The van der Waals surface area contributed by atoms with Crippen molar-refractivity contribution in [1.29, 1.82) is 0 Å². The van der Waals surface area contributed by atoms with E-state index in [1.54, 1.807) is 12.1 Å². The zero-order chi connectivity index (χ0) is 13.2. The largest absolute Gasteiger partial charge is 0.373 e. The maximum absolute atomic E-state index is 10.7. The van der Waals surface area contributed by atoms with E-state index in [0.717, 1.165) is 24.0 Å². The van der Waals surface area contributed by atoms with Gasteiger partial charge in [-0.25, -0.2) is 0 Å². The van der Waals surface area contributed by atoms with Gasteiger partial charge in [0, 0.05) is 10.9 Å². The second kappa shape index (κ2) is 5.25. The van der Waals surface area contributed by atoms with Gasteiger partial charge in [0.25, 0.3) is 0 Å². The number of aldehydes is 1. The van der Waals surface area contributed by atoms with Crippen LogP contribution in [0.15, 0.2) is 36.4 Å². The fraction of sp³-hybridized carbons (Fsp3) is 0.267. The highest BCUT2D eigenvalue weighted by molar-refractivity contribution is 7.13. The fourth-order valence-electron chi connectivity index (χ4n) is 2.58. The Labute approximate surface area is 115 Å². The van der Waals surface area contributed by atoms with E-state index in [9.17, 15) is 9.90 Å². The summed E-state index contributed by atoms with van der Waals surface area (Å²) in [6.45, 7) is 0. The van der Waals surface area contributed by atoms with Gasteiger partial charge in [-0.05, 0) is 36.1 Å². The molecule has 1 aliphatic rings. The Kier molecular flexibility index (Phi) is 3.46. The van der Waals surface area contributed by atoms with Gasteiger partial charge in [-0.15, -0.1) is 11.3 Å². The molecule has 0 saturated heterocycles. The molecule has 0 fully saturated rings. The van der Waals surface area contributed by atoms with Crippen LogP contribution >= 0.6 is 11.3 Å². The van der Waals surface area contributed by atoms with Crippen LogP contribution in [-0.2, 0) is 6.42 Å². The third kappa shape index (κ3) is 2.47. The minimum absolute atomic E-state index is 0.188. The molecule has 2 atom stereocenters. The number of aryl methyl sites for hydroxylation is 1. The van der Waals surface area contributed by atoms with Crippen LogP contribution in [0.25, 0.3) is 0 Å². The molecular formula is C15H15NO2S. The van der Waals surface area contributed by atoms with E-state index in [4.69, 9.17) is 0 Å². The number of fused-ring (bicyclic) bond motifs is 1. The van der Waals surface area contributed by atoms with Gasteiger partial charge in [-0.1, -0.05) is 24.3 Å². The molecule has 19 heavy (non-hydrogen) atoms. The lowest BCUT2D eigenvalue weighted by Gasteiger charge is -2.18. The van der Waals surface area contributed by atoms with Crippen LogP contribution in [0, 0.1) is 0 Å². The maximum Gasteiger partial charge on any atom is 0.160 e. The van der Waals surface area contributed by atoms with E-state index in [2.05, 4.69) is 17.4 Å². The van der Waals surface area contributed by atoms with Crippen LogP contribution in [0.2, 0.25) is 0 Å². The lowest BCUT2D eigenvalue weighted by molar-refractivity contribution is 0.112. The Morgan fingerprint density at radius 3 is 2.95 bits per heavy atom. The van der Waals surface area contributed by atoms with E-state index < -0.39 is 6.23 Å². The zero-order valence-electron chi connectivity index (χ0n) is 10.4. The molecule has 98 valence electrons. The minimum atomic E-state index is -0.713. The normalized spacial score (nSPS) is 19.1. The Hall–Kier alpha value is -1.49. The molecule has 0 saturated carbocycles. The molecule has 0 aliphatic heterocycles. The van der Waals surface area contributed by atoms with Gasteiger partial charge in [-0.3, -0.25) is 10.1 Å². The summed E-state index contributed by atoms with van der Waals surface area (Å²) in [7, 11) is 0. The number of thiophene rings is 1. The average Bonchev–Trinajstić information content (AvgIpc) is 3.06. The van der Waals surface area contributed by atoms with Crippen molar-refractivity contribution in [3.63, 3.8) is 0 Å². The molecular weight excluding hydrogens is 258 g/mol. The van der Waals surface area contributed by atoms with E-state index in [-0.39, 0.29) is 6.04 Å². The standard InChI is InChI=1S/C15H15NO2S/c17-9-11-6-8-14(19-11)15(18)16-13-7-5-10-3-1-2-4-12(10)13/h1-4,6,8-9,13,15-16,18H,5,7H2/t13-,15?/m1/s1. The summed E-state index contributed by atoms with van der Waals surface area (Å²) in [6, 6.07) is 12.0. The van der Waals surface area contributed by atoms with Crippen molar-refractivity contribution < 1.29 is 9.90 Å². The molecule has 1 aliphatic carbocycles. The summed E-state index contributed by atoms with van der Waals surface area (Å²) in [5.74, 6) is 0. The third-order valence-electron chi connectivity index (χ3n) is 3.53. The lowest BCUT2D eigenvalue weighted by atomic mass is 10.1. The van der Waals surface area contributed by atoms with Gasteiger partial charge in [0.2, 0.25) is 0 Å². The van der Waals surface area contributed by atoms with Gasteiger partial charge in [0.15, 0.2) is 6.29 Å². The SMILES string of the molecule is O=Cc1ccc(C(O)N[C@@H]2CCc3ccccc32)s1. The Morgan fingerprint density at radius 2 is 2.16 bits per heavy atom. The van der Waals surface area contributed by atoms with Crippen LogP contribution in [0.5, 0.6) is 0 Å². The molecule has 0 radical (unpaired) electrons. The van der Waals surface area contributed by atoms with Crippen molar-refractivity contribution in [3.8, 4) is 0 Å². The first-order chi connectivity index (χ1) is 9.28. The van der Waals surface area contributed by atoms with Crippen molar-refractivity contribution in [2.75, 3.05) is 0 Å². The Morgan fingerprint density at radius 1 is 1.32 bits per heavy atom. The number of hydrogen-bond acceptors (Lipinski definition) is 4. The summed E-state index contributed by atoms with van der Waals surface area (Å²) in [5.41, 5.74) is 2.63. The number of nitrogens with one attached hydrogen (secondary N) is 1. The third-order valence-corrected chi connectivity index (χ3v) is 4.59. The quantitative estimate of drug-likeness (QED) is 0.665. The summed E-state index contributed by atoms with van der Waals surface area (Å²) in [6.07, 6.45) is 2.15. The number of carbonyl (C=O) groups is 1. The predicted octanol–water partition coefficient (Wildman–Crippen LogP) is 2.83. The maximum atomic E-state index is 10.7.